The summed E-state index contributed by atoms with van der Waals surface area (Å²) in [6.07, 6.45) is -0.265. The number of morpholine rings is 1. The Labute approximate surface area is 157 Å². The first-order valence-corrected chi connectivity index (χ1v) is 8.79. The molecule has 1 fully saturated rings. The van der Waals surface area contributed by atoms with Gasteiger partial charge in [-0.3, -0.25) is 15.0 Å². The lowest BCUT2D eigenvalue weighted by Gasteiger charge is -2.38. The van der Waals surface area contributed by atoms with E-state index >= 15 is 0 Å². The van der Waals surface area contributed by atoms with Crippen LogP contribution in [0.5, 0.6) is 0 Å². The van der Waals surface area contributed by atoms with Gasteiger partial charge in [-0.15, -0.1) is 0 Å². The Morgan fingerprint density at radius 1 is 1.04 bits per heavy atom. The summed E-state index contributed by atoms with van der Waals surface area (Å²) in [4.78, 5) is 24.6. The number of nitrogens with two attached hydrogens (primary N) is 1. The summed E-state index contributed by atoms with van der Waals surface area (Å²) in [7, 11) is 0. The van der Waals surface area contributed by atoms with Gasteiger partial charge in [0.15, 0.2) is 0 Å². The number of urea groups is 1. The van der Waals surface area contributed by atoms with Crippen LogP contribution in [0.4, 0.5) is 9.18 Å². The standard InChI is InChI=1S/C20H22FN3O3/c21-16-8-6-15(7-9-16)18-13-24(11-10-19(25)23-20(22)26)12-17(27-18)14-4-2-1-3-5-14/h1-9,17-18H,10-13H2,(H3,22,23,25,26). The molecule has 1 aliphatic heterocycles. The number of carbonyl (C=O) groups is 2. The summed E-state index contributed by atoms with van der Waals surface area (Å²) in [5, 5.41) is 2.07. The zero-order valence-electron chi connectivity index (χ0n) is 14.8. The number of hydrogen-bond donors (Lipinski definition) is 2. The van der Waals surface area contributed by atoms with E-state index in [1.807, 2.05) is 30.3 Å². The first kappa shape index (κ1) is 19.0. The molecule has 27 heavy (non-hydrogen) atoms. The zero-order valence-corrected chi connectivity index (χ0v) is 14.8. The molecule has 3 rings (SSSR count). The number of halogens is 1. The Kier molecular flexibility index (Phi) is 6.16. The Balaban J connectivity index is 1.73. The number of amides is 3. The lowest BCUT2D eigenvalue weighted by atomic mass is 10.0. The number of hydrogen-bond acceptors (Lipinski definition) is 4. The summed E-state index contributed by atoms with van der Waals surface area (Å²) >= 11 is 0. The molecule has 2 atom stereocenters. The second kappa shape index (κ2) is 8.75. The Morgan fingerprint density at radius 2 is 1.63 bits per heavy atom. The SMILES string of the molecule is NC(=O)NC(=O)CCN1CC(c2ccccc2)OC(c2ccc(F)cc2)C1. The summed E-state index contributed by atoms with van der Waals surface area (Å²) in [5.74, 6) is -0.710. The molecule has 0 spiro atoms. The number of primary amides is 1. The van der Waals surface area contributed by atoms with Gasteiger partial charge in [-0.25, -0.2) is 9.18 Å². The van der Waals surface area contributed by atoms with Crippen molar-refractivity contribution in [3.8, 4) is 0 Å². The molecule has 0 radical (unpaired) electrons. The first-order valence-electron chi connectivity index (χ1n) is 8.79. The van der Waals surface area contributed by atoms with E-state index in [1.165, 1.54) is 12.1 Å². The van der Waals surface area contributed by atoms with E-state index < -0.39 is 11.9 Å². The van der Waals surface area contributed by atoms with E-state index in [9.17, 15) is 14.0 Å². The molecule has 7 heteroatoms. The van der Waals surface area contributed by atoms with E-state index in [-0.39, 0.29) is 24.4 Å². The lowest BCUT2D eigenvalue weighted by Crippen LogP contribution is -2.43. The van der Waals surface area contributed by atoms with Gasteiger partial charge < -0.3 is 10.5 Å². The maximum atomic E-state index is 13.3. The third kappa shape index (κ3) is 5.35. The van der Waals surface area contributed by atoms with Crippen molar-refractivity contribution in [1.29, 1.82) is 0 Å². The molecule has 3 N–H and O–H groups in total. The molecule has 3 amide bonds. The molecule has 2 unspecified atom stereocenters. The first-order chi connectivity index (χ1) is 13.0. The molecule has 6 nitrogen and oxygen atoms in total. The summed E-state index contributed by atoms with van der Waals surface area (Å²) < 4.78 is 19.5. The van der Waals surface area contributed by atoms with Crippen molar-refractivity contribution >= 4 is 11.9 Å². The average Bonchev–Trinajstić information content (AvgIpc) is 2.67. The van der Waals surface area contributed by atoms with Crippen LogP contribution < -0.4 is 11.1 Å². The van der Waals surface area contributed by atoms with Gasteiger partial charge in [0.1, 0.15) is 5.82 Å². The minimum absolute atomic E-state index is 0.153. The van der Waals surface area contributed by atoms with E-state index in [2.05, 4.69) is 10.2 Å². The van der Waals surface area contributed by atoms with Crippen LogP contribution in [-0.2, 0) is 9.53 Å². The number of rotatable bonds is 5. The number of nitrogens with one attached hydrogen (secondary N) is 1. The van der Waals surface area contributed by atoms with Crippen molar-refractivity contribution in [2.45, 2.75) is 18.6 Å². The predicted octanol–water partition coefficient (Wildman–Crippen LogP) is 2.53. The van der Waals surface area contributed by atoms with Crippen LogP contribution in [0.3, 0.4) is 0 Å². The number of carbonyl (C=O) groups excluding carboxylic acids is 2. The molecule has 1 heterocycles. The molecule has 142 valence electrons. The van der Waals surface area contributed by atoms with Crippen molar-refractivity contribution in [2.24, 2.45) is 5.73 Å². The number of ether oxygens (including phenoxy) is 1. The predicted molar refractivity (Wildman–Crippen MR) is 98.2 cm³/mol. The van der Waals surface area contributed by atoms with Gasteiger partial charge in [0, 0.05) is 26.1 Å². The fraction of sp³-hybridized carbons (Fsp3) is 0.300. The van der Waals surface area contributed by atoms with Crippen molar-refractivity contribution in [2.75, 3.05) is 19.6 Å². The van der Waals surface area contributed by atoms with Gasteiger partial charge in [0.2, 0.25) is 5.91 Å². The van der Waals surface area contributed by atoms with Gasteiger partial charge in [-0.05, 0) is 23.3 Å². The van der Waals surface area contributed by atoms with Crippen molar-refractivity contribution in [3.05, 3.63) is 71.5 Å². The molecule has 2 aromatic carbocycles. The Morgan fingerprint density at radius 3 is 2.22 bits per heavy atom. The zero-order chi connectivity index (χ0) is 19.2. The van der Waals surface area contributed by atoms with Crippen LogP contribution in [0.1, 0.15) is 29.8 Å². The third-order valence-electron chi connectivity index (χ3n) is 4.51. The highest BCUT2D eigenvalue weighted by Crippen LogP contribution is 2.33. The van der Waals surface area contributed by atoms with Crippen LogP contribution in [0.25, 0.3) is 0 Å². The third-order valence-corrected chi connectivity index (χ3v) is 4.51. The number of nitrogens with zero attached hydrogens (tertiary/aromatic N) is 1. The average molecular weight is 371 g/mol. The fourth-order valence-corrected chi connectivity index (χ4v) is 3.18. The summed E-state index contributed by atoms with van der Waals surface area (Å²) in [6.45, 7) is 1.65. The van der Waals surface area contributed by atoms with Crippen molar-refractivity contribution in [1.82, 2.24) is 10.2 Å². The largest absolute Gasteiger partial charge is 0.363 e. The van der Waals surface area contributed by atoms with Crippen LogP contribution in [0.2, 0.25) is 0 Å². The normalized spacial score (nSPS) is 20.2. The smallest absolute Gasteiger partial charge is 0.318 e. The Bertz CT molecular complexity index is 783. The second-order valence-corrected chi connectivity index (χ2v) is 6.50. The quantitative estimate of drug-likeness (QED) is 0.846. The summed E-state index contributed by atoms with van der Waals surface area (Å²) in [6, 6.07) is 15.2. The fourth-order valence-electron chi connectivity index (χ4n) is 3.18. The highest BCUT2D eigenvalue weighted by molar-refractivity contribution is 5.93. The number of benzene rings is 2. The maximum Gasteiger partial charge on any atom is 0.318 e. The molecule has 1 saturated heterocycles. The molecule has 0 aliphatic carbocycles. The van der Waals surface area contributed by atoms with Crippen LogP contribution in [0.15, 0.2) is 54.6 Å². The van der Waals surface area contributed by atoms with Gasteiger partial charge >= 0.3 is 6.03 Å². The molecule has 2 aromatic rings. The molecule has 1 aliphatic rings. The van der Waals surface area contributed by atoms with Crippen LogP contribution in [-0.4, -0.2) is 36.5 Å². The van der Waals surface area contributed by atoms with Gasteiger partial charge in [-0.1, -0.05) is 42.5 Å². The van der Waals surface area contributed by atoms with E-state index in [1.54, 1.807) is 12.1 Å². The molecular formula is C20H22FN3O3. The summed E-state index contributed by atoms with van der Waals surface area (Å²) in [5.41, 5.74) is 6.89. The molecule has 0 saturated carbocycles. The topological polar surface area (TPSA) is 84.7 Å². The highest BCUT2D eigenvalue weighted by Gasteiger charge is 2.30. The van der Waals surface area contributed by atoms with Crippen molar-refractivity contribution < 1.29 is 18.7 Å². The van der Waals surface area contributed by atoms with Gasteiger partial charge in [0.25, 0.3) is 0 Å². The van der Waals surface area contributed by atoms with Crippen LogP contribution >= 0.6 is 0 Å². The van der Waals surface area contributed by atoms with Gasteiger partial charge in [-0.2, -0.15) is 0 Å². The van der Waals surface area contributed by atoms with E-state index in [0.29, 0.717) is 19.6 Å². The molecule has 0 aromatic heterocycles. The van der Waals surface area contributed by atoms with E-state index in [0.717, 1.165) is 11.1 Å². The lowest BCUT2D eigenvalue weighted by molar-refractivity contribution is -0.122. The highest BCUT2D eigenvalue weighted by atomic mass is 19.1. The second-order valence-electron chi connectivity index (χ2n) is 6.50. The minimum Gasteiger partial charge on any atom is -0.363 e. The Hall–Kier alpha value is -2.77. The monoisotopic (exact) mass is 371 g/mol. The van der Waals surface area contributed by atoms with Gasteiger partial charge in [0.05, 0.1) is 12.2 Å². The number of imide groups is 1. The van der Waals surface area contributed by atoms with E-state index in [4.69, 9.17) is 10.5 Å². The molecule has 0 bridgehead atoms. The maximum absolute atomic E-state index is 13.3. The van der Waals surface area contributed by atoms with Crippen molar-refractivity contribution in [3.63, 3.8) is 0 Å². The minimum atomic E-state index is -0.853. The molecular weight excluding hydrogens is 349 g/mol. The van der Waals surface area contributed by atoms with Crippen LogP contribution in [0, 0.1) is 5.82 Å².